The number of benzene rings is 1. The molecule has 2 aromatic rings. The Morgan fingerprint density at radius 3 is 2.58 bits per heavy atom. The molecular weight excluding hydrogens is 324 g/mol. The number of pyridine rings is 1. The molecule has 1 aromatic heterocycles. The molecule has 1 amide bonds. The fraction of sp³-hybridized carbons (Fsp3) is 0.368. The Morgan fingerprint density at radius 1 is 1.25 bits per heavy atom. The van der Waals surface area contributed by atoms with Crippen LogP contribution in [-0.2, 0) is 11.8 Å². The van der Waals surface area contributed by atoms with E-state index in [-0.39, 0.29) is 23.7 Å². The van der Waals surface area contributed by atoms with Gasteiger partial charge in [0, 0.05) is 18.9 Å². The fourth-order valence-electron chi connectivity index (χ4n) is 2.35. The zero-order chi connectivity index (χ0) is 16.9. The summed E-state index contributed by atoms with van der Waals surface area (Å²) in [4.78, 5) is 16.0. The number of carbonyl (C=O) groups excluding carboxylic acids is 1. The summed E-state index contributed by atoms with van der Waals surface area (Å²) >= 11 is 0. The zero-order valence-corrected chi connectivity index (χ0v) is 15.4. The lowest BCUT2D eigenvalue weighted by Crippen LogP contribution is -2.26. The first-order valence-corrected chi connectivity index (χ1v) is 7.77. The van der Waals surface area contributed by atoms with Gasteiger partial charge in [0.2, 0.25) is 0 Å². The van der Waals surface area contributed by atoms with Crippen molar-refractivity contribution in [3.05, 3.63) is 59.4 Å². The number of nitrogens with one attached hydrogen (secondary N) is 1. The van der Waals surface area contributed by atoms with Crippen LogP contribution in [0.25, 0.3) is 0 Å². The van der Waals surface area contributed by atoms with Gasteiger partial charge in [-0.1, -0.05) is 32.9 Å². The van der Waals surface area contributed by atoms with Gasteiger partial charge in [0.25, 0.3) is 5.91 Å². The second-order valence-corrected chi connectivity index (χ2v) is 6.52. The lowest BCUT2D eigenvalue weighted by atomic mass is 9.85. The molecule has 1 aromatic carbocycles. The third kappa shape index (κ3) is 5.24. The average Bonchev–Trinajstić information content (AvgIpc) is 2.54. The van der Waals surface area contributed by atoms with E-state index in [0.29, 0.717) is 12.1 Å². The van der Waals surface area contributed by atoms with Crippen molar-refractivity contribution in [2.75, 3.05) is 13.7 Å². The Labute approximate surface area is 150 Å². The highest BCUT2D eigenvalue weighted by atomic mass is 35.5. The third-order valence-electron chi connectivity index (χ3n) is 3.75. The van der Waals surface area contributed by atoms with Crippen molar-refractivity contribution >= 4 is 18.3 Å². The minimum atomic E-state index is -0.107. The van der Waals surface area contributed by atoms with Crippen LogP contribution in [0.5, 0.6) is 5.75 Å². The van der Waals surface area contributed by atoms with Gasteiger partial charge < -0.3 is 10.1 Å². The molecule has 24 heavy (non-hydrogen) atoms. The Kier molecular flexibility index (Phi) is 7.23. The predicted molar refractivity (Wildman–Crippen MR) is 99.2 cm³/mol. The number of hydrogen-bond acceptors (Lipinski definition) is 3. The van der Waals surface area contributed by atoms with Crippen LogP contribution in [0.1, 0.15) is 42.3 Å². The van der Waals surface area contributed by atoms with E-state index in [0.717, 1.165) is 17.7 Å². The van der Waals surface area contributed by atoms with E-state index < -0.39 is 0 Å². The number of amides is 1. The van der Waals surface area contributed by atoms with Crippen LogP contribution in [0.4, 0.5) is 0 Å². The fourth-order valence-corrected chi connectivity index (χ4v) is 2.35. The minimum Gasteiger partial charge on any atom is -0.496 e. The molecule has 0 fully saturated rings. The van der Waals surface area contributed by atoms with E-state index in [1.165, 1.54) is 5.56 Å². The summed E-state index contributed by atoms with van der Waals surface area (Å²) in [5, 5.41) is 2.92. The summed E-state index contributed by atoms with van der Waals surface area (Å²) in [5.41, 5.74) is 3.01. The van der Waals surface area contributed by atoms with Crippen molar-refractivity contribution in [3.63, 3.8) is 0 Å². The molecule has 2 rings (SSSR count). The summed E-state index contributed by atoms with van der Waals surface area (Å²) in [6.07, 6.45) is 3.94. The van der Waals surface area contributed by atoms with Gasteiger partial charge in [-0.3, -0.25) is 9.78 Å². The van der Waals surface area contributed by atoms with Crippen molar-refractivity contribution in [2.45, 2.75) is 32.6 Å². The number of carbonyl (C=O) groups is 1. The van der Waals surface area contributed by atoms with Crippen molar-refractivity contribution in [2.24, 2.45) is 0 Å². The van der Waals surface area contributed by atoms with Gasteiger partial charge in [-0.25, -0.2) is 0 Å². The molecule has 0 atom stereocenters. The van der Waals surface area contributed by atoms with Gasteiger partial charge in [-0.05, 0) is 41.2 Å². The highest BCUT2D eigenvalue weighted by molar-refractivity contribution is 5.93. The molecule has 4 nitrogen and oxygen atoms in total. The van der Waals surface area contributed by atoms with Crippen molar-refractivity contribution in [1.29, 1.82) is 0 Å². The molecule has 0 aliphatic rings. The standard InChI is InChI=1S/C19H24N2O2.ClH/c1-19(2,3)16-7-8-17(23-4)14(12-16)9-11-21-18(22)15-6-5-10-20-13-15;/h5-8,10,12-13H,9,11H2,1-4H3,(H,21,22);1H. The second kappa shape index (κ2) is 8.69. The molecule has 0 spiro atoms. The van der Waals surface area contributed by atoms with Crippen molar-refractivity contribution in [1.82, 2.24) is 10.3 Å². The maximum atomic E-state index is 12.0. The van der Waals surface area contributed by atoms with Crippen LogP contribution in [0.2, 0.25) is 0 Å². The maximum absolute atomic E-state index is 12.0. The van der Waals surface area contributed by atoms with Gasteiger partial charge in [-0.15, -0.1) is 12.4 Å². The van der Waals surface area contributed by atoms with Gasteiger partial charge in [0.15, 0.2) is 0 Å². The number of ether oxygens (including phenoxy) is 1. The SMILES string of the molecule is COc1ccc(C(C)(C)C)cc1CCNC(=O)c1cccnc1.Cl. The number of rotatable bonds is 5. The van der Waals surface area contributed by atoms with Crippen LogP contribution >= 0.6 is 12.4 Å². The average molecular weight is 349 g/mol. The van der Waals surface area contributed by atoms with Crippen LogP contribution in [0.15, 0.2) is 42.7 Å². The van der Waals surface area contributed by atoms with E-state index in [4.69, 9.17) is 4.74 Å². The lowest BCUT2D eigenvalue weighted by molar-refractivity contribution is 0.0953. The molecule has 0 unspecified atom stereocenters. The maximum Gasteiger partial charge on any atom is 0.252 e. The Morgan fingerprint density at radius 2 is 2.00 bits per heavy atom. The highest BCUT2D eigenvalue weighted by Gasteiger charge is 2.16. The molecule has 1 N–H and O–H groups in total. The van der Waals surface area contributed by atoms with Gasteiger partial charge in [0.1, 0.15) is 5.75 Å². The minimum absolute atomic E-state index is 0. The summed E-state index contributed by atoms with van der Waals surface area (Å²) in [6, 6.07) is 9.76. The molecular formula is C19H25ClN2O2. The Balaban J connectivity index is 0.00000288. The topological polar surface area (TPSA) is 51.2 Å². The van der Waals surface area contributed by atoms with Crippen molar-refractivity contribution < 1.29 is 9.53 Å². The van der Waals surface area contributed by atoms with Crippen molar-refractivity contribution in [3.8, 4) is 5.75 Å². The smallest absolute Gasteiger partial charge is 0.252 e. The van der Waals surface area contributed by atoms with E-state index in [1.54, 1.807) is 31.6 Å². The lowest BCUT2D eigenvalue weighted by Gasteiger charge is -2.21. The summed E-state index contributed by atoms with van der Waals surface area (Å²) < 4.78 is 5.43. The van der Waals surface area contributed by atoms with Crippen LogP contribution in [-0.4, -0.2) is 24.5 Å². The molecule has 0 saturated heterocycles. The number of methoxy groups -OCH3 is 1. The van der Waals surface area contributed by atoms with E-state index in [9.17, 15) is 4.79 Å². The molecule has 1 heterocycles. The monoisotopic (exact) mass is 348 g/mol. The molecule has 0 saturated carbocycles. The first-order chi connectivity index (χ1) is 10.9. The molecule has 0 aliphatic heterocycles. The summed E-state index contributed by atoms with van der Waals surface area (Å²) in [5.74, 6) is 0.748. The van der Waals surface area contributed by atoms with Gasteiger partial charge >= 0.3 is 0 Å². The normalized spacial score (nSPS) is 10.7. The molecule has 0 bridgehead atoms. The number of aromatic nitrogens is 1. The van der Waals surface area contributed by atoms with Crippen LogP contribution < -0.4 is 10.1 Å². The zero-order valence-electron chi connectivity index (χ0n) is 14.6. The third-order valence-corrected chi connectivity index (χ3v) is 3.75. The second-order valence-electron chi connectivity index (χ2n) is 6.52. The van der Waals surface area contributed by atoms with Crippen LogP contribution in [0.3, 0.4) is 0 Å². The van der Waals surface area contributed by atoms with Crippen LogP contribution in [0, 0.1) is 0 Å². The summed E-state index contributed by atoms with van der Waals surface area (Å²) in [7, 11) is 1.67. The van der Waals surface area contributed by atoms with E-state index in [2.05, 4.69) is 43.2 Å². The largest absolute Gasteiger partial charge is 0.496 e. The Bertz CT molecular complexity index is 667. The number of halogens is 1. The number of hydrogen-bond donors (Lipinski definition) is 1. The first-order valence-electron chi connectivity index (χ1n) is 7.77. The molecule has 5 heteroatoms. The first kappa shape index (κ1) is 20.0. The molecule has 0 aliphatic carbocycles. The molecule has 0 radical (unpaired) electrons. The summed E-state index contributed by atoms with van der Waals surface area (Å²) in [6.45, 7) is 7.10. The molecule has 130 valence electrons. The van der Waals surface area contributed by atoms with Gasteiger partial charge in [0.05, 0.1) is 12.7 Å². The highest BCUT2D eigenvalue weighted by Crippen LogP contribution is 2.28. The van der Waals surface area contributed by atoms with E-state index in [1.807, 2.05) is 6.07 Å². The quantitative estimate of drug-likeness (QED) is 0.894. The Hall–Kier alpha value is -2.07. The van der Waals surface area contributed by atoms with E-state index >= 15 is 0 Å². The van der Waals surface area contributed by atoms with Gasteiger partial charge in [-0.2, -0.15) is 0 Å². The number of nitrogens with zero attached hydrogens (tertiary/aromatic N) is 1. The predicted octanol–water partition coefficient (Wildman–Crippen LogP) is 3.78.